The minimum absolute atomic E-state index is 0.319. The van der Waals surface area contributed by atoms with Gasteiger partial charge < -0.3 is 10.4 Å². The lowest BCUT2D eigenvalue weighted by molar-refractivity contribution is 0.191. The average Bonchev–Trinajstić information content (AvgIpc) is 2.28. The van der Waals surface area contributed by atoms with Crippen molar-refractivity contribution >= 4 is 10.9 Å². The van der Waals surface area contributed by atoms with Crippen LogP contribution in [0.3, 0.4) is 0 Å². The highest BCUT2D eigenvalue weighted by Gasteiger charge is 1.99. The van der Waals surface area contributed by atoms with E-state index < -0.39 is 0 Å². The van der Waals surface area contributed by atoms with Crippen LogP contribution < -0.4 is 5.32 Å². The number of aliphatic hydroxyl groups is 1. The van der Waals surface area contributed by atoms with Crippen LogP contribution in [0.5, 0.6) is 0 Å². The highest BCUT2D eigenvalue weighted by molar-refractivity contribution is 5.78. The Morgan fingerprint density at radius 1 is 1.25 bits per heavy atom. The molecule has 3 heteroatoms. The third kappa shape index (κ3) is 2.78. The molecule has 0 bridgehead atoms. The first-order valence-corrected chi connectivity index (χ1v) is 5.49. The first-order chi connectivity index (χ1) is 7.75. The Kier molecular flexibility index (Phi) is 3.49. The number of nitrogens with zero attached hydrogens (tertiary/aromatic N) is 1. The van der Waals surface area contributed by atoms with E-state index >= 15 is 0 Å². The van der Waals surface area contributed by atoms with Crippen molar-refractivity contribution in [1.82, 2.24) is 10.3 Å². The molecule has 0 aliphatic heterocycles. The molecule has 0 spiro atoms. The van der Waals surface area contributed by atoms with Crippen LogP contribution in [0, 0.1) is 0 Å². The van der Waals surface area contributed by atoms with Crippen molar-refractivity contribution in [3.8, 4) is 0 Å². The van der Waals surface area contributed by atoms with Crippen LogP contribution in [0.4, 0.5) is 0 Å². The Morgan fingerprint density at radius 2 is 2.06 bits per heavy atom. The molecule has 16 heavy (non-hydrogen) atoms. The summed E-state index contributed by atoms with van der Waals surface area (Å²) < 4.78 is 0. The summed E-state index contributed by atoms with van der Waals surface area (Å²) in [5, 5.41) is 13.4. The molecule has 1 atom stereocenters. The van der Waals surface area contributed by atoms with Crippen LogP contribution in [0.2, 0.25) is 0 Å². The van der Waals surface area contributed by atoms with Gasteiger partial charge in [-0.2, -0.15) is 0 Å². The van der Waals surface area contributed by atoms with E-state index in [1.807, 2.05) is 24.3 Å². The lowest BCUT2D eigenvalue weighted by Crippen LogP contribution is -2.24. The second-order valence-corrected chi connectivity index (χ2v) is 3.98. The van der Waals surface area contributed by atoms with Gasteiger partial charge in [-0.3, -0.25) is 4.98 Å². The number of hydrogen-bond acceptors (Lipinski definition) is 3. The molecular formula is C13H16N2O. The van der Waals surface area contributed by atoms with E-state index in [1.54, 1.807) is 6.92 Å². The number of benzene rings is 1. The predicted octanol–water partition coefficient (Wildman–Crippen LogP) is 1.71. The summed E-state index contributed by atoms with van der Waals surface area (Å²) in [7, 11) is 0. The standard InChI is InChI=1S/C13H16N2O/c1-10(16)8-14-9-12-7-6-11-4-2-3-5-13(11)15-12/h2-7,10,14,16H,8-9H2,1H3/t10-/m0/s1. The summed E-state index contributed by atoms with van der Waals surface area (Å²) in [6.07, 6.45) is -0.319. The van der Waals surface area contributed by atoms with Gasteiger partial charge in [-0.15, -0.1) is 0 Å². The lowest BCUT2D eigenvalue weighted by Gasteiger charge is -2.07. The van der Waals surface area contributed by atoms with E-state index in [9.17, 15) is 0 Å². The van der Waals surface area contributed by atoms with Gasteiger partial charge in [0.05, 0.1) is 17.3 Å². The summed E-state index contributed by atoms with van der Waals surface area (Å²) in [5.74, 6) is 0. The van der Waals surface area contributed by atoms with Gasteiger partial charge in [-0.05, 0) is 19.1 Å². The van der Waals surface area contributed by atoms with Gasteiger partial charge in [-0.1, -0.05) is 24.3 Å². The van der Waals surface area contributed by atoms with Gasteiger partial charge in [0.15, 0.2) is 0 Å². The molecule has 0 saturated heterocycles. The summed E-state index contributed by atoms with van der Waals surface area (Å²) in [4.78, 5) is 4.53. The third-order valence-corrected chi connectivity index (χ3v) is 2.40. The van der Waals surface area contributed by atoms with E-state index in [1.165, 1.54) is 0 Å². The van der Waals surface area contributed by atoms with Crippen LogP contribution >= 0.6 is 0 Å². The van der Waals surface area contributed by atoms with E-state index in [-0.39, 0.29) is 6.10 Å². The molecule has 2 aromatic rings. The minimum Gasteiger partial charge on any atom is -0.392 e. The van der Waals surface area contributed by atoms with Crippen molar-refractivity contribution in [3.05, 3.63) is 42.1 Å². The first kappa shape index (κ1) is 11.0. The van der Waals surface area contributed by atoms with Gasteiger partial charge in [0, 0.05) is 18.5 Å². The van der Waals surface area contributed by atoms with Gasteiger partial charge in [0.2, 0.25) is 0 Å². The summed E-state index contributed by atoms with van der Waals surface area (Å²) in [5.41, 5.74) is 2.01. The Bertz CT molecular complexity index is 468. The predicted molar refractivity (Wildman–Crippen MR) is 65.1 cm³/mol. The van der Waals surface area contributed by atoms with Crippen molar-refractivity contribution in [2.75, 3.05) is 6.54 Å². The van der Waals surface area contributed by atoms with Crippen molar-refractivity contribution in [1.29, 1.82) is 0 Å². The van der Waals surface area contributed by atoms with Gasteiger partial charge >= 0.3 is 0 Å². The highest BCUT2D eigenvalue weighted by atomic mass is 16.3. The maximum atomic E-state index is 9.12. The van der Waals surface area contributed by atoms with E-state index in [0.29, 0.717) is 13.1 Å². The molecular weight excluding hydrogens is 200 g/mol. The van der Waals surface area contributed by atoms with Crippen LogP contribution in [-0.2, 0) is 6.54 Å². The zero-order chi connectivity index (χ0) is 11.4. The molecule has 2 N–H and O–H groups in total. The first-order valence-electron chi connectivity index (χ1n) is 5.49. The van der Waals surface area contributed by atoms with Crippen LogP contribution in [0.1, 0.15) is 12.6 Å². The third-order valence-electron chi connectivity index (χ3n) is 2.40. The molecule has 0 unspecified atom stereocenters. The van der Waals surface area contributed by atoms with Crippen LogP contribution in [0.15, 0.2) is 36.4 Å². The number of aromatic nitrogens is 1. The number of hydrogen-bond donors (Lipinski definition) is 2. The van der Waals surface area contributed by atoms with Crippen molar-refractivity contribution in [3.63, 3.8) is 0 Å². The quantitative estimate of drug-likeness (QED) is 0.817. The summed E-state index contributed by atoms with van der Waals surface area (Å²) in [6, 6.07) is 12.1. The Labute approximate surface area is 95.1 Å². The topological polar surface area (TPSA) is 45.1 Å². The van der Waals surface area contributed by atoms with Crippen molar-refractivity contribution in [2.24, 2.45) is 0 Å². The SMILES string of the molecule is C[C@H](O)CNCc1ccc2ccccc2n1. The normalized spacial score (nSPS) is 12.9. The smallest absolute Gasteiger partial charge is 0.0705 e. The van der Waals surface area contributed by atoms with Crippen LogP contribution in [0.25, 0.3) is 10.9 Å². The fraction of sp³-hybridized carbons (Fsp3) is 0.308. The molecule has 84 valence electrons. The number of pyridine rings is 1. The maximum absolute atomic E-state index is 9.12. The van der Waals surface area contributed by atoms with Gasteiger partial charge in [0.1, 0.15) is 0 Å². The Morgan fingerprint density at radius 3 is 2.88 bits per heavy atom. The number of para-hydroxylation sites is 1. The molecule has 1 aromatic heterocycles. The number of fused-ring (bicyclic) bond motifs is 1. The van der Waals surface area contributed by atoms with E-state index in [2.05, 4.69) is 22.4 Å². The molecule has 3 nitrogen and oxygen atoms in total. The fourth-order valence-corrected chi connectivity index (χ4v) is 1.62. The second kappa shape index (κ2) is 5.05. The van der Waals surface area contributed by atoms with Crippen molar-refractivity contribution in [2.45, 2.75) is 19.6 Å². The molecule has 1 heterocycles. The fourth-order valence-electron chi connectivity index (χ4n) is 1.62. The minimum atomic E-state index is -0.319. The second-order valence-electron chi connectivity index (χ2n) is 3.98. The molecule has 2 rings (SSSR count). The number of nitrogens with one attached hydrogen (secondary N) is 1. The molecule has 1 aromatic carbocycles. The lowest BCUT2D eigenvalue weighted by atomic mass is 10.2. The summed E-state index contributed by atoms with van der Waals surface area (Å²) in [6.45, 7) is 3.05. The largest absolute Gasteiger partial charge is 0.392 e. The van der Waals surface area contributed by atoms with Gasteiger partial charge in [0.25, 0.3) is 0 Å². The Hall–Kier alpha value is -1.45. The molecule has 0 amide bonds. The van der Waals surface area contributed by atoms with Gasteiger partial charge in [-0.25, -0.2) is 0 Å². The molecule has 0 radical (unpaired) electrons. The zero-order valence-corrected chi connectivity index (χ0v) is 9.35. The molecule has 0 aliphatic carbocycles. The monoisotopic (exact) mass is 216 g/mol. The maximum Gasteiger partial charge on any atom is 0.0705 e. The molecule has 0 fully saturated rings. The average molecular weight is 216 g/mol. The highest BCUT2D eigenvalue weighted by Crippen LogP contribution is 2.11. The van der Waals surface area contributed by atoms with Crippen LogP contribution in [-0.4, -0.2) is 22.7 Å². The van der Waals surface area contributed by atoms with E-state index in [0.717, 1.165) is 16.6 Å². The number of rotatable bonds is 4. The molecule has 0 saturated carbocycles. The zero-order valence-electron chi connectivity index (χ0n) is 9.35. The van der Waals surface area contributed by atoms with E-state index in [4.69, 9.17) is 5.11 Å². The summed E-state index contributed by atoms with van der Waals surface area (Å²) >= 11 is 0. The molecule has 0 aliphatic rings. The Balaban J connectivity index is 2.08. The van der Waals surface area contributed by atoms with Crippen molar-refractivity contribution < 1.29 is 5.11 Å². The number of aliphatic hydroxyl groups excluding tert-OH is 1.